The maximum atomic E-state index is 9.65. The van der Waals surface area contributed by atoms with E-state index in [4.69, 9.17) is 0 Å². The summed E-state index contributed by atoms with van der Waals surface area (Å²) in [5.41, 5.74) is 0. The van der Waals surface area contributed by atoms with E-state index in [2.05, 4.69) is 27.8 Å². The second kappa shape index (κ2) is 5.54. The van der Waals surface area contributed by atoms with Crippen LogP contribution in [0.2, 0.25) is 0 Å². The average Bonchev–Trinajstić information content (AvgIpc) is 2.52. The zero-order valence-corrected chi connectivity index (χ0v) is 9.57. The van der Waals surface area contributed by atoms with Crippen LogP contribution in [0.4, 0.5) is 0 Å². The predicted molar refractivity (Wildman–Crippen MR) is 60.0 cm³/mol. The molecule has 0 saturated heterocycles. The van der Waals surface area contributed by atoms with Gasteiger partial charge in [0, 0.05) is 18.0 Å². The Labute approximate surface area is 90.4 Å². The van der Waals surface area contributed by atoms with Gasteiger partial charge in [-0.2, -0.15) is 0 Å². The van der Waals surface area contributed by atoms with Crippen LogP contribution < -0.4 is 5.32 Å². The van der Waals surface area contributed by atoms with E-state index >= 15 is 0 Å². The molecular formula is C9H12BrNOS. The van der Waals surface area contributed by atoms with E-state index in [1.807, 2.05) is 12.1 Å². The Morgan fingerprint density at radius 1 is 1.69 bits per heavy atom. The Morgan fingerprint density at radius 3 is 3.00 bits per heavy atom. The molecule has 1 aromatic heterocycles. The monoisotopic (exact) mass is 261 g/mol. The van der Waals surface area contributed by atoms with Crippen molar-refractivity contribution in [2.75, 3.05) is 13.1 Å². The highest BCUT2D eigenvalue weighted by Gasteiger charge is 2.08. The highest BCUT2D eigenvalue weighted by atomic mass is 79.9. The van der Waals surface area contributed by atoms with Crippen molar-refractivity contribution in [3.8, 4) is 0 Å². The first-order valence-corrected chi connectivity index (χ1v) is 5.60. The first-order valence-electron chi connectivity index (χ1n) is 3.99. The van der Waals surface area contributed by atoms with E-state index in [9.17, 15) is 5.11 Å². The minimum atomic E-state index is -0.420. The van der Waals surface area contributed by atoms with Gasteiger partial charge in [0.2, 0.25) is 0 Å². The molecule has 0 bridgehead atoms. The number of halogens is 1. The van der Waals surface area contributed by atoms with E-state index in [0.29, 0.717) is 6.54 Å². The first-order chi connectivity index (χ1) is 6.24. The van der Waals surface area contributed by atoms with Gasteiger partial charge >= 0.3 is 0 Å². The molecule has 0 saturated carbocycles. The third-order valence-corrected chi connectivity index (χ3v) is 3.27. The second-order valence-corrected chi connectivity index (χ2v) is 5.10. The molecule has 1 atom stereocenters. The Hall–Kier alpha value is -0.160. The Balaban J connectivity index is 2.39. The predicted octanol–water partition coefficient (Wildman–Crippen LogP) is 2.32. The van der Waals surface area contributed by atoms with Crippen molar-refractivity contribution >= 4 is 27.3 Å². The van der Waals surface area contributed by atoms with Crippen LogP contribution in [0.5, 0.6) is 0 Å². The van der Waals surface area contributed by atoms with Crippen LogP contribution in [0.15, 0.2) is 28.6 Å². The fraction of sp³-hybridized carbons (Fsp3) is 0.333. The van der Waals surface area contributed by atoms with E-state index in [-0.39, 0.29) is 0 Å². The molecule has 13 heavy (non-hydrogen) atoms. The van der Waals surface area contributed by atoms with Gasteiger partial charge < -0.3 is 10.4 Å². The van der Waals surface area contributed by atoms with Gasteiger partial charge in [0.05, 0.1) is 3.79 Å². The Morgan fingerprint density at radius 2 is 2.46 bits per heavy atom. The molecule has 0 aliphatic rings. The van der Waals surface area contributed by atoms with Gasteiger partial charge in [0.25, 0.3) is 0 Å². The largest absolute Gasteiger partial charge is 0.386 e. The number of thiophene rings is 1. The molecular weight excluding hydrogens is 250 g/mol. The summed E-state index contributed by atoms with van der Waals surface area (Å²) in [6, 6.07) is 3.87. The molecule has 0 spiro atoms. The van der Waals surface area contributed by atoms with Crippen molar-refractivity contribution in [1.29, 1.82) is 0 Å². The van der Waals surface area contributed by atoms with Crippen LogP contribution in [0.25, 0.3) is 0 Å². The molecule has 1 heterocycles. The number of hydrogen-bond acceptors (Lipinski definition) is 3. The third kappa shape index (κ3) is 3.60. The standard InChI is InChI=1S/C9H12BrNOS/c1-2-5-11-6-7(12)8-3-4-9(10)13-8/h2-4,7,11-12H,1,5-6H2. The van der Waals surface area contributed by atoms with Crippen LogP contribution >= 0.6 is 27.3 Å². The molecule has 1 unspecified atom stereocenters. The van der Waals surface area contributed by atoms with Crippen LogP contribution in [0.1, 0.15) is 11.0 Å². The second-order valence-electron chi connectivity index (χ2n) is 2.60. The number of aliphatic hydroxyl groups is 1. The van der Waals surface area contributed by atoms with Gasteiger partial charge in [-0.25, -0.2) is 0 Å². The molecule has 0 aliphatic carbocycles. The third-order valence-electron chi connectivity index (χ3n) is 1.55. The number of nitrogens with one attached hydrogen (secondary N) is 1. The minimum absolute atomic E-state index is 0.420. The van der Waals surface area contributed by atoms with Crippen LogP contribution in [0, 0.1) is 0 Å². The van der Waals surface area contributed by atoms with E-state index in [1.54, 1.807) is 17.4 Å². The molecule has 1 rings (SSSR count). The summed E-state index contributed by atoms with van der Waals surface area (Å²) in [5.74, 6) is 0. The van der Waals surface area contributed by atoms with Gasteiger partial charge in [-0.05, 0) is 28.1 Å². The van der Waals surface area contributed by atoms with Crippen molar-refractivity contribution < 1.29 is 5.11 Å². The summed E-state index contributed by atoms with van der Waals surface area (Å²) in [6.07, 6.45) is 1.35. The fourth-order valence-corrected chi connectivity index (χ4v) is 2.34. The molecule has 72 valence electrons. The molecule has 0 aliphatic heterocycles. The average molecular weight is 262 g/mol. The van der Waals surface area contributed by atoms with E-state index in [0.717, 1.165) is 15.2 Å². The van der Waals surface area contributed by atoms with Crippen LogP contribution in [0.3, 0.4) is 0 Å². The van der Waals surface area contributed by atoms with E-state index in [1.165, 1.54) is 0 Å². The van der Waals surface area contributed by atoms with Gasteiger partial charge in [0.15, 0.2) is 0 Å². The summed E-state index contributed by atoms with van der Waals surface area (Å²) in [7, 11) is 0. The summed E-state index contributed by atoms with van der Waals surface area (Å²) in [6.45, 7) is 4.88. The number of hydrogen-bond donors (Lipinski definition) is 2. The number of aliphatic hydroxyl groups excluding tert-OH is 1. The summed E-state index contributed by atoms with van der Waals surface area (Å²) in [4.78, 5) is 0.975. The molecule has 2 N–H and O–H groups in total. The lowest BCUT2D eigenvalue weighted by Gasteiger charge is -2.07. The zero-order valence-electron chi connectivity index (χ0n) is 7.16. The molecule has 1 aromatic rings. The highest BCUT2D eigenvalue weighted by molar-refractivity contribution is 9.11. The van der Waals surface area contributed by atoms with E-state index < -0.39 is 6.10 Å². The maximum absolute atomic E-state index is 9.65. The fourth-order valence-electron chi connectivity index (χ4n) is 0.930. The van der Waals surface area contributed by atoms with Crippen molar-refractivity contribution in [3.63, 3.8) is 0 Å². The summed E-state index contributed by atoms with van der Waals surface area (Å²) in [5, 5.41) is 12.7. The lowest BCUT2D eigenvalue weighted by Crippen LogP contribution is -2.20. The number of rotatable bonds is 5. The molecule has 4 heteroatoms. The van der Waals surface area contributed by atoms with Gasteiger partial charge in [-0.3, -0.25) is 0 Å². The quantitative estimate of drug-likeness (QED) is 0.630. The van der Waals surface area contributed by atoms with Gasteiger partial charge in [-0.15, -0.1) is 17.9 Å². The molecule has 2 nitrogen and oxygen atoms in total. The van der Waals surface area contributed by atoms with Crippen molar-refractivity contribution in [2.24, 2.45) is 0 Å². The summed E-state index contributed by atoms with van der Waals surface area (Å²) >= 11 is 4.91. The lowest BCUT2D eigenvalue weighted by molar-refractivity contribution is 0.180. The highest BCUT2D eigenvalue weighted by Crippen LogP contribution is 2.26. The normalized spacial score (nSPS) is 12.8. The van der Waals surface area contributed by atoms with Crippen LogP contribution in [-0.4, -0.2) is 18.2 Å². The summed E-state index contributed by atoms with van der Waals surface area (Å²) < 4.78 is 1.05. The molecule has 0 amide bonds. The van der Waals surface area contributed by atoms with Gasteiger partial charge in [0.1, 0.15) is 6.10 Å². The Bertz CT molecular complexity index is 274. The SMILES string of the molecule is C=CCNCC(O)c1ccc(Br)s1. The zero-order chi connectivity index (χ0) is 9.68. The van der Waals surface area contributed by atoms with Crippen molar-refractivity contribution in [1.82, 2.24) is 5.32 Å². The topological polar surface area (TPSA) is 32.3 Å². The maximum Gasteiger partial charge on any atom is 0.101 e. The lowest BCUT2D eigenvalue weighted by atomic mass is 10.3. The van der Waals surface area contributed by atoms with Gasteiger partial charge in [-0.1, -0.05) is 6.08 Å². The van der Waals surface area contributed by atoms with Crippen molar-refractivity contribution in [3.05, 3.63) is 33.5 Å². The Kier molecular flexibility index (Phi) is 4.66. The minimum Gasteiger partial charge on any atom is -0.386 e. The van der Waals surface area contributed by atoms with Crippen LogP contribution in [-0.2, 0) is 0 Å². The first kappa shape index (κ1) is 10.9. The molecule has 0 radical (unpaired) electrons. The molecule has 0 fully saturated rings. The smallest absolute Gasteiger partial charge is 0.101 e. The molecule has 0 aromatic carbocycles. The van der Waals surface area contributed by atoms with Crippen molar-refractivity contribution in [2.45, 2.75) is 6.10 Å².